The summed E-state index contributed by atoms with van der Waals surface area (Å²) in [6.07, 6.45) is -1.19. The Morgan fingerprint density at radius 2 is 1.79 bits per heavy atom. The lowest BCUT2D eigenvalue weighted by molar-refractivity contribution is -0.154. The van der Waals surface area contributed by atoms with E-state index in [9.17, 15) is 31.2 Å². The third kappa shape index (κ3) is 3.51. The predicted octanol–water partition coefficient (Wildman–Crippen LogP) is 0.906. The topological polar surface area (TPSA) is 101 Å². The van der Waals surface area contributed by atoms with Crippen molar-refractivity contribution in [1.29, 1.82) is 0 Å². The number of rotatable bonds is 3. The number of ether oxygens (including phenoxy) is 1. The van der Waals surface area contributed by atoms with Gasteiger partial charge in [0.05, 0.1) is 18.0 Å². The number of carboxylic acid groups (broad SMARTS) is 1. The molecule has 1 N–H and O–H groups in total. The molecule has 1 amide bonds. The van der Waals surface area contributed by atoms with Crippen LogP contribution in [0.15, 0.2) is 29.2 Å². The number of morpholine rings is 1. The van der Waals surface area contributed by atoms with Crippen LogP contribution >= 0.6 is 0 Å². The van der Waals surface area contributed by atoms with E-state index in [1.54, 1.807) is 0 Å². The first-order valence-electron chi connectivity index (χ1n) is 6.59. The van der Waals surface area contributed by atoms with Crippen LogP contribution in [0.25, 0.3) is 0 Å². The quantitative estimate of drug-likeness (QED) is 0.852. The van der Waals surface area contributed by atoms with Gasteiger partial charge in [-0.15, -0.1) is 0 Å². The molecule has 2 rings (SSSR count). The van der Waals surface area contributed by atoms with Crippen molar-refractivity contribution in [1.82, 2.24) is 4.90 Å². The monoisotopic (exact) mass is 367 g/mol. The van der Waals surface area contributed by atoms with Crippen LogP contribution in [0, 0.1) is 0 Å². The SMILES string of the molecule is O=C(O)[C@H]1CN(C(=O)c2ccc(S(=O)(=O)C(F)(F)F)cc2)CCO1. The molecule has 1 saturated heterocycles. The number of alkyl halides is 3. The molecule has 1 fully saturated rings. The summed E-state index contributed by atoms with van der Waals surface area (Å²) < 4.78 is 64.8. The van der Waals surface area contributed by atoms with E-state index in [2.05, 4.69) is 0 Å². The normalized spacial score (nSPS) is 19.1. The van der Waals surface area contributed by atoms with Crippen LogP contribution in [0.3, 0.4) is 0 Å². The Balaban J connectivity index is 2.19. The molecule has 7 nitrogen and oxygen atoms in total. The van der Waals surface area contributed by atoms with Crippen molar-refractivity contribution in [3.8, 4) is 0 Å². The fourth-order valence-corrected chi connectivity index (χ4v) is 2.84. The fourth-order valence-electron chi connectivity index (χ4n) is 2.08. The van der Waals surface area contributed by atoms with Crippen LogP contribution in [-0.2, 0) is 19.4 Å². The number of carboxylic acids is 1. The Morgan fingerprint density at radius 1 is 1.21 bits per heavy atom. The second-order valence-electron chi connectivity index (χ2n) is 4.92. The molecule has 1 aromatic rings. The van der Waals surface area contributed by atoms with Crippen LogP contribution in [0.4, 0.5) is 13.2 Å². The molecule has 0 aliphatic carbocycles. The minimum atomic E-state index is -5.49. The van der Waals surface area contributed by atoms with E-state index < -0.39 is 38.2 Å². The summed E-state index contributed by atoms with van der Waals surface area (Å²) in [5.74, 6) is -1.86. The summed E-state index contributed by atoms with van der Waals surface area (Å²) in [7, 11) is -5.49. The molecule has 1 aromatic carbocycles. The van der Waals surface area contributed by atoms with E-state index in [-0.39, 0.29) is 25.3 Å². The second-order valence-corrected chi connectivity index (χ2v) is 6.86. The number of hydrogen-bond donors (Lipinski definition) is 1. The highest BCUT2D eigenvalue weighted by Crippen LogP contribution is 2.30. The second kappa shape index (κ2) is 6.40. The predicted molar refractivity (Wildman–Crippen MR) is 73.0 cm³/mol. The number of amides is 1. The maximum atomic E-state index is 12.5. The van der Waals surface area contributed by atoms with Gasteiger partial charge in [0.2, 0.25) is 0 Å². The highest BCUT2D eigenvalue weighted by molar-refractivity contribution is 7.92. The number of hydrogen-bond acceptors (Lipinski definition) is 5. The summed E-state index contributed by atoms with van der Waals surface area (Å²) in [5, 5.41) is 8.87. The van der Waals surface area contributed by atoms with Gasteiger partial charge in [0.15, 0.2) is 6.10 Å². The molecule has 0 spiro atoms. The molecular weight excluding hydrogens is 355 g/mol. The molecule has 1 heterocycles. The Bertz CT molecular complexity index is 744. The van der Waals surface area contributed by atoms with E-state index >= 15 is 0 Å². The number of sulfone groups is 1. The highest BCUT2D eigenvalue weighted by atomic mass is 32.2. The van der Waals surface area contributed by atoms with Crippen LogP contribution in [0.5, 0.6) is 0 Å². The van der Waals surface area contributed by atoms with Gasteiger partial charge in [-0.05, 0) is 24.3 Å². The summed E-state index contributed by atoms with van der Waals surface area (Å²) in [5.41, 5.74) is -5.49. The number of nitrogens with zero attached hydrogens (tertiary/aromatic N) is 1. The van der Waals surface area contributed by atoms with E-state index in [1.165, 1.54) is 4.90 Å². The van der Waals surface area contributed by atoms with Gasteiger partial charge in [-0.3, -0.25) is 4.79 Å². The largest absolute Gasteiger partial charge is 0.501 e. The van der Waals surface area contributed by atoms with E-state index in [4.69, 9.17) is 9.84 Å². The molecule has 1 aliphatic heterocycles. The van der Waals surface area contributed by atoms with Crippen molar-refractivity contribution in [3.05, 3.63) is 29.8 Å². The molecular formula is C13H12F3NO6S. The summed E-state index contributed by atoms with van der Waals surface area (Å²) in [6.45, 7) is -0.0920. The first-order chi connectivity index (χ1) is 11.0. The third-order valence-electron chi connectivity index (χ3n) is 3.35. The van der Waals surface area contributed by atoms with E-state index in [1.807, 2.05) is 0 Å². The maximum Gasteiger partial charge on any atom is 0.501 e. The van der Waals surface area contributed by atoms with E-state index in [0.717, 1.165) is 12.1 Å². The molecule has 0 radical (unpaired) electrons. The van der Waals surface area contributed by atoms with Gasteiger partial charge in [-0.1, -0.05) is 0 Å². The minimum absolute atomic E-state index is 0.00322. The lowest BCUT2D eigenvalue weighted by atomic mass is 10.1. The van der Waals surface area contributed by atoms with Gasteiger partial charge in [-0.25, -0.2) is 13.2 Å². The zero-order chi connectivity index (χ0) is 18.1. The van der Waals surface area contributed by atoms with Crippen LogP contribution in [-0.4, -0.2) is 61.6 Å². The number of benzene rings is 1. The molecule has 0 bridgehead atoms. The van der Waals surface area contributed by atoms with Crippen molar-refractivity contribution in [2.24, 2.45) is 0 Å². The molecule has 1 aliphatic rings. The van der Waals surface area contributed by atoms with E-state index in [0.29, 0.717) is 12.1 Å². The average Bonchev–Trinajstić information content (AvgIpc) is 2.53. The number of carbonyl (C=O) groups excluding carboxylic acids is 1. The third-order valence-corrected chi connectivity index (χ3v) is 4.85. The zero-order valence-electron chi connectivity index (χ0n) is 12.0. The Kier molecular flexibility index (Phi) is 4.85. The van der Waals surface area contributed by atoms with Crippen molar-refractivity contribution in [3.63, 3.8) is 0 Å². The molecule has 0 saturated carbocycles. The number of halogens is 3. The first kappa shape index (κ1) is 18.2. The molecule has 24 heavy (non-hydrogen) atoms. The Morgan fingerprint density at radius 3 is 2.29 bits per heavy atom. The van der Waals surface area contributed by atoms with Gasteiger partial charge < -0.3 is 14.7 Å². The Hall–Kier alpha value is -2.14. The van der Waals surface area contributed by atoms with Crippen LogP contribution < -0.4 is 0 Å². The van der Waals surface area contributed by atoms with Gasteiger partial charge >= 0.3 is 11.5 Å². The molecule has 11 heteroatoms. The minimum Gasteiger partial charge on any atom is -0.479 e. The molecule has 0 aromatic heterocycles. The summed E-state index contributed by atoms with van der Waals surface area (Å²) in [4.78, 5) is 23.3. The van der Waals surface area contributed by atoms with Gasteiger partial charge in [0.1, 0.15) is 0 Å². The lowest BCUT2D eigenvalue weighted by Gasteiger charge is -2.30. The Labute approximate surface area is 134 Å². The smallest absolute Gasteiger partial charge is 0.479 e. The van der Waals surface area contributed by atoms with Crippen LogP contribution in [0.1, 0.15) is 10.4 Å². The zero-order valence-corrected chi connectivity index (χ0v) is 12.8. The highest BCUT2D eigenvalue weighted by Gasteiger charge is 2.46. The van der Waals surface area contributed by atoms with Crippen molar-refractivity contribution < 1.29 is 41.0 Å². The standard InChI is InChI=1S/C13H12F3NO6S/c14-13(15,16)24(21,22)9-3-1-8(2-4-9)11(18)17-5-6-23-10(7-17)12(19)20/h1-4,10H,5-7H2,(H,19,20)/t10-/m1/s1. The summed E-state index contributed by atoms with van der Waals surface area (Å²) in [6, 6.07) is 3.27. The van der Waals surface area contributed by atoms with Crippen LogP contribution in [0.2, 0.25) is 0 Å². The maximum absolute atomic E-state index is 12.5. The van der Waals surface area contributed by atoms with Gasteiger partial charge in [-0.2, -0.15) is 13.2 Å². The summed E-state index contributed by atoms with van der Waals surface area (Å²) >= 11 is 0. The van der Waals surface area contributed by atoms with Crippen molar-refractivity contribution in [2.45, 2.75) is 16.5 Å². The average molecular weight is 367 g/mol. The number of carbonyl (C=O) groups is 2. The number of aliphatic carboxylic acids is 1. The van der Waals surface area contributed by atoms with Crippen molar-refractivity contribution >= 4 is 21.7 Å². The lowest BCUT2D eigenvalue weighted by Crippen LogP contribution is -2.48. The molecule has 1 atom stereocenters. The first-order valence-corrected chi connectivity index (χ1v) is 8.07. The fraction of sp³-hybridized carbons (Fsp3) is 0.385. The molecule has 132 valence electrons. The van der Waals surface area contributed by atoms with Gasteiger partial charge in [0, 0.05) is 12.1 Å². The van der Waals surface area contributed by atoms with Gasteiger partial charge in [0.25, 0.3) is 15.7 Å². The molecule has 0 unspecified atom stereocenters. The van der Waals surface area contributed by atoms with Crippen molar-refractivity contribution in [2.75, 3.05) is 19.7 Å².